The summed E-state index contributed by atoms with van der Waals surface area (Å²) in [5, 5.41) is 0. The first-order valence-electron chi connectivity index (χ1n) is 9.41. The zero-order valence-corrected chi connectivity index (χ0v) is 15.3. The van der Waals surface area contributed by atoms with Crippen molar-refractivity contribution in [2.75, 3.05) is 6.54 Å². The van der Waals surface area contributed by atoms with E-state index in [9.17, 15) is 14.0 Å². The van der Waals surface area contributed by atoms with Gasteiger partial charge >= 0.3 is 0 Å². The van der Waals surface area contributed by atoms with Crippen molar-refractivity contribution in [3.05, 3.63) is 59.9 Å². The Kier molecular flexibility index (Phi) is 4.46. The second-order valence-corrected chi connectivity index (χ2v) is 7.86. The molecular formula is C22H23FN2O2. The predicted octanol–water partition coefficient (Wildman–Crippen LogP) is 3.46. The molecule has 2 amide bonds. The maximum Gasteiger partial charge on any atom is 0.255 e. The van der Waals surface area contributed by atoms with Gasteiger partial charge in [0.25, 0.3) is 5.91 Å². The lowest BCUT2D eigenvalue weighted by Gasteiger charge is -2.27. The lowest BCUT2D eigenvalue weighted by Crippen LogP contribution is -2.46. The summed E-state index contributed by atoms with van der Waals surface area (Å²) in [6.07, 6.45) is 1.96. The monoisotopic (exact) mass is 366 g/mol. The number of halogens is 1. The molecule has 1 saturated carbocycles. The van der Waals surface area contributed by atoms with E-state index < -0.39 is 11.9 Å². The summed E-state index contributed by atoms with van der Waals surface area (Å²) in [5.41, 5.74) is 7.71. The van der Waals surface area contributed by atoms with Crippen LogP contribution in [-0.4, -0.2) is 29.3 Å². The number of hydrogen-bond acceptors (Lipinski definition) is 2. The minimum absolute atomic E-state index is 0.152. The molecule has 0 bridgehead atoms. The van der Waals surface area contributed by atoms with Crippen LogP contribution in [-0.2, 0) is 4.79 Å². The highest BCUT2D eigenvalue weighted by molar-refractivity contribution is 6.03. The number of fused-ring (bicyclic) bond motifs is 1. The van der Waals surface area contributed by atoms with Gasteiger partial charge in [-0.15, -0.1) is 0 Å². The fourth-order valence-corrected chi connectivity index (χ4v) is 4.92. The van der Waals surface area contributed by atoms with Crippen LogP contribution in [0, 0.1) is 23.6 Å². The molecule has 1 aliphatic carbocycles. The van der Waals surface area contributed by atoms with Crippen LogP contribution in [0.5, 0.6) is 0 Å². The maximum absolute atomic E-state index is 13.4. The number of carbonyl (C=O) groups is 2. The second kappa shape index (κ2) is 6.80. The molecule has 5 heteroatoms. The molecule has 0 radical (unpaired) electrons. The van der Waals surface area contributed by atoms with Crippen LogP contribution in [0.1, 0.15) is 30.1 Å². The number of hydrogen-bond donors (Lipinski definition) is 1. The minimum Gasteiger partial charge on any atom is -0.368 e. The standard InChI is InChI=1S/C22H23FN2O2/c1-13-10-15-12-25(20(21(24)26)19(15)11-13)22(27)18-5-3-2-4-17(18)14-6-8-16(23)9-7-14/h2-9,13,15,19-20H,10-12H2,1H3,(H2,24,26). The van der Waals surface area contributed by atoms with E-state index in [2.05, 4.69) is 6.92 Å². The Hall–Kier alpha value is -2.69. The van der Waals surface area contributed by atoms with E-state index in [1.54, 1.807) is 29.2 Å². The van der Waals surface area contributed by atoms with Crippen LogP contribution >= 0.6 is 0 Å². The number of likely N-dealkylation sites (tertiary alicyclic amines) is 1. The molecule has 27 heavy (non-hydrogen) atoms. The van der Waals surface area contributed by atoms with Gasteiger partial charge in [0.2, 0.25) is 5.91 Å². The molecule has 4 rings (SSSR count). The van der Waals surface area contributed by atoms with Gasteiger partial charge in [-0.1, -0.05) is 37.3 Å². The fourth-order valence-electron chi connectivity index (χ4n) is 4.92. The topological polar surface area (TPSA) is 63.4 Å². The number of nitrogens with zero attached hydrogens (tertiary/aromatic N) is 1. The molecule has 2 aliphatic rings. The van der Waals surface area contributed by atoms with E-state index in [0.29, 0.717) is 23.9 Å². The van der Waals surface area contributed by atoms with Gasteiger partial charge in [-0.3, -0.25) is 9.59 Å². The molecule has 1 aliphatic heterocycles. The normalized spacial score (nSPS) is 26.8. The summed E-state index contributed by atoms with van der Waals surface area (Å²) in [7, 11) is 0. The van der Waals surface area contributed by atoms with E-state index >= 15 is 0 Å². The van der Waals surface area contributed by atoms with E-state index in [1.165, 1.54) is 12.1 Å². The third kappa shape index (κ3) is 3.11. The Balaban J connectivity index is 1.69. The SMILES string of the molecule is CC1CC2CN(C(=O)c3ccccc3-c3ccc(F)cc3)C(C(N)=O)C2C1. The van der Waals surface area contributed by atoms with E-state index in [1.807, 2.05) is 12.1 Å². The number of amides is 2. The molecule has 2 aromatic carbocycles. The quantitative estimate of drug-likeness (QED) is 0.904. The van der Waals surface area contributed by atoms with E-state index in [4.69, 9.17) is 5.73 Å². The number of benzene rings is 2. The molecule has 2 fully saturated rings. The molecule has 0 spiro atoms. The highest BCUT2D eigenvalue weighted by atomic mass is 19.1. The molecular weight excluding hydrogens is 343 g/mol. The van der Waals surface area contributed by atoms with Gasteiger partial charge in [0, 0.05) is 12.1 Å². The molecule has 1 heterocycles. The number of carbonyl (C=O) groups excluding carboxylic acids is 2. The maximum atomic E-state index is 13.4. The molecule has 2 N–H and O–H groups in total. The van der Waals surface area contributed by atoms with Gasteiger partial charge in [-0.05, 0) is 59.9 Å². The minimum atomic E-state index is -0.547. The summed E-state index contributed by atoms with van der Waals surface area (Å²) in [6, 6.07) is 12.8. The smallest absolute Gasteiger partial charge is 0.255 e. The largest absolute Gasteiger partial charge is 0.368 e. The molecule has 2 aromatic rings. The number of primary amides is 1. The lowest BCUT2D eigenvalue weighted by atomic mass is 9.93. The van der Waals surface area contributed by atoms with Crippen molar-refractivity contribution >= 4 is 11.8 Å². The van der Waals surface area contributed by atoms with Crippen molar-refractivity contribution in [1.29, 1.82) is 0 Å². The van der Waals surface area contributed by atoms with Crippen molar-refractivity contribution in [1.82, 2.24) is 4.90 Å². The van der Waals surface area contributed by atoms with Crippen LogP contribution in [0.15, 0.2) is 48.5 Å². The molecule has 140 valence electrons. The fraction of sp³-hybridized carbons (Fsp3) is 0.364. The Labute approximate surface area is 158 Å². The van der Waals surface area contributed by atoms with Crippen LogP contribution in [0.4, 0.5) is 4.39 Å². The van der Waals surface area contributed by atoms with Gasteiger partial charge in [-0.25, -0.2) is 4.39 Å². The molecule has 0 aromatic heterocycles. The average Bonchev–Trinajstić information content (AvgIpc) is 3.17. The summed E-state index contributed by atoms with van der Waals surface area (Å²) in [4.78, 5) is 27.2. The molecule has 4 nitrogen and oxygen atoms in total. The Morgan fingerprint density at radius 3 is 2.48 bits per heavy atom. The Bertz CT molecular complexity index is 880. The van der Waals surface area contributed by atoms with Gasteiger partial charge in [0.05, 0.1) is 0 Å². The van der Waals surface area contributed by atoms with Gasteiger partial charge < -0.3 is 10.6 Å². The zero-order chi connectivity index (χ0) is 19.1. The summed E-state index contributed by atoms with van der Waals surface area (Å²) >= 11 is 0. The van der Waals surface area contributed by atoms with Crippen molar-refractivity contribution in [2.24, 2.45) is 23.5 Å². The molecule has 4 unspecified atom stereocenters. The van der Waals surface area contributed by atoms with Gasteiger partial charge in [-0.2, -0.15) is 0 Å². The van der Waals surface area contributed by atoms with Crippen molar-refractivity contribution < 1.29 is 14.0 Å². The number of nitrogens with two attached hydrogens (primary N) is 1. The zero-order valence-electron chi connectivity index (χ0n) is 15.3. The third-order valence-corrected chi connectivity index (χ3v) is 6.02. The summed E-state index contributed by atoms with van der Waals surface area (Å²) < 4.78 is 13.3. The Morgan fingerprint density at radius 1 is 1.07 bits per heavy atom. The molecule has 4 atom stereocenters. The van der Waals surface area contributed by atoms with Gasteiger partial charge in [0.1, 0.15) is 11.9 Å². The first-order chi connectivity index (χ1) is 13.0. The van der Waals surface area contributed by atoms with E-state index in [0.717, 1.165) is 24.0 Å². The van der Waals surface area contributed by atoms with Crippen molar-refractivity contribution in [2.45, 2.75) is 25.8 Å². The lowest BCUT2D eigenvalue weighted by molar-refractivity contribution is -0.122. The third-order valence-electron chi connectivity index (χ3n) is 6.02. The molecule has 1 saturated heterocycles. The average molecular weight is 366 g/mol. The highest BCUT2D eigenvalue weighted by Gasteiger charge is 2.50. The second-order valence-electron chi connectivity index (χ2n) is 7.86. The van der Waals surface area contributed by atoms with E-state index in [-0.39, 0.29) is 17.6 Å². The van der Waals surface area contributed by atoms with Crippen LogP contribution in [0.25, 0.3) is 11.1 Å². The number of rotatable bonds is 3. The van der Waals surface area contributed by atoms with Crippen molar-refractivity contribution in [3.8, 4) is 11.1 Å². The van der Waals surface area contributed by atoms with Gasteiger partial charge in [0.15, 0.2) is 0 Å². The van der Waals surface area contributed by atoms with Crippen LogP contribution in [0.3, 0.4) is 0 Å². The van der Waals surface area contributed by atoms with Crippen molar-refractivity contribution in [3.63, 3.8) is 0 Å². The first-order valence-corrected chi connectivity index (χ1v) is 9.41. The summed E-state index contributed by atoms with van der Waals surface area (Å²) in [6.45, 7) is 2.76. The Morgan fingerprint density at radius 2 is 1.78 bits per heavy atom. The van der Waals surface area contributed by atoms with Crippen LogP contribution < -0.4 is 5.73 Å². The predicted molar refractivity (Wildman–Crippen MR) is 101 cm³/mol. The first kappa shape index (κ1) is 17.7. The highest BCUT2D eigenvalue weighted by Crippen LogP contribution is 2.45. The summed E-state index contributed by atoms with van der Waals surface area (Å²) in [5.74, 6) is 0.118. The van der Waals surface area contributed by atoms with Crippen LogP contribution in [0.2, 0.25) is 0 Å².